The van der Waals surface area contributed by atoms with Crippen molar-refractivity contribution < 1.29 is 0 Å². The van der Waals surface area contributed by atoms with E-state index in [-0.39, 0.29) is 0 Å². The number of hydrogen-bond donors (Lipinski definition) is 0. The van der Waals surface area contributed by atoms with E-state index in [0.717, 1.165) is 0 Å². The maximum absolute atomic E-state index is 2.41. The first-order chi connectivity index (χ1) is 19.7. The number of hydrogen-bond acceptors (Lipinski definition) is 0. The molecule has 8 rings (SSSR count). The van der Waals surface area contributed by atoms with Crippen LogP contribution in [0.2, 0.25) is 0 Å². The molecule has 2 nitrogen and oxygen atoms in total. The fourth-order valence-electron chi connectivity index (χ4n) is 6.39. The molecular weight excluding hydrogens is 484 g/mol. The van der Waals surface area contributed by atoms with Gasteiger partial charge in [0, 0.05) is 32.9 Å². The second kappa shape index (κ2) is 8.72. The van der Waals surface area contributed by atoms with E-state index in [1.807, 2.05) is 0 Å². The van der Waals surface area contributed by atoms with Gasteiger partial charge in [-0.2, -0.15) is 0 Å². The highest BCUT2D eigenvalue weighted by molar-refractivity contribution is 6.12. The van der Waals surface area contributed by atoms with E-state index in [4.69, 9.17) is 0 Å². The lowest BCUT2D eigenvalue weighted by atomic mass is 10.0. The zero-order valence-corrected chi connectivity index (χ0v) is 22.6. The minimum Gasteiger partial charge on any atom is -0.309 e. The summed E-state index contributed by atoms with van der Waals surface area (Å²) in [5.74, 6) is 0. The minimum absolute atomic E-state index is 1.19. The van der Waals surface area contributed by atoms with Gasteiger partial charge < -0.3 is 9.13 Å². The molecular formula is C38H28N2. The third-order valence-electron chi connectivity index (χ3n) is 8.20. The highest BCUT2D eigenvalue weighted by Crippen LogP contribution is 2.38. The lowest BCUT2D eigenvalue weighted by Gasteiger charge is -2.11. The lowest BCUT2D eigenvalue weighted by Crippen LogP contribution is -1.95. The van der Waals surface area contributed by atoms with Crippen molar-refractivity contribution in [2.45, 2.75) is 13.8 Å². The van der Waals surface area contributed by atoms with Crippen LogP contribution in [0.3, 0.4) is 0 Å². The number of nitrogens with zero attached hydrogens (tertiary/aromatic N) is 2. The average molecular weight is 513 g/mol. The van der Waals surface area contributed by atoms with Crippen molar-refractivity contribution in [3.63, 3.8) is 0 Å². The van der Waals surface area contributed by atoms with E-state index in [1.54, 1.807) is 0 Å². The predicted molar refractivity (Wildman–Crippen MR) is 170 cm³/mol. The summed E-state index contributed by atoms with van der Waals surface area (Å²) in [6.07, 6.45) is 0. The first-order valence-electron chi connectivity index (χ1n) is 13.9. The number of fused-ring (bicyclic) bond motifs is 6. The lowest BCUT2D eigenvalue weighted by molar-refractivity contribution is 1.17. The standard InChI is InChI=1S/C38H28N2/c1-25-9-7-11-29(21-25)39-35-15-5-3-13-31(35)33-19-17-27(23-37(33)39)28-18-20-34-32-14-4-6-16-36(32)40(38(34)24-28)30-12-8-10-26(2)22-30/h3-24H,1-2H3. The van der Waals surface area contributed by atoms with Crippen LogP contribution < -0.4 is 0 Å². The highest BCUT2D eigenvalue weighted by atomic mass is 15.0. The first kappa shape index (κ1) is 22.9. The molecule has 40 heavy (non-hydrogen) atoms. The third kappa shape index (κ3) is 3.43. The summed E-state index contributed by atoms with van der Waals surface area (Å²) in [7, 11) is 0. The molecule has 2 heteroatoms. The van der Waals surface area contributed by atoms with Crippen LogP contribution in [0.1, 0.15) is 11.1 Å². The van der Waals surface area contributed by atoms with E-state index < -0.39 is 0 Å². The van der Waals surface area contributed by atoms with E-state index in [2.05, 4.69) is 156 Å². The van der Waals surface area contributed by atoms with Gasteiger partial charge in [-0.1, -0.05) is 84.9 Å². The van der Waals surface area contributed by atoms with Crippen molar-refractivity contribution in [3.8, 4) is 22.5 Å². The van der Waals surface area contributed by atoms with Crippen molar-refractivity contribution in [3.05, 3.63) is 145 Å². The van der Waals surface area contributed by atoms with E-state index in [9.17, 15) is 0 Å². The normalized spacial score (nSPS) is 11.8. The van der Waals surface area contributed by atoms with Gasteiger partial charge in [-0.05, 0) is 84.6 Å². The molecule has 0 saturated heterocycles. The number of aromatic nitrogens is 2. The van der Waals surface area contributed by atoms with Gasteiger partial charge in [0.25, 0.3) is 0 Å². The average Bonchev–Trinajstić information content (AvgIpc) is 3.49. The summed E-state index contributed by atoms with van der Waals surface area (Å²) in [6.45, 7) is 4.32. The Balaban J connectivity index is 1.40. The summed E-state index contributed by atoms with van der Waals surface area (Å²) < 4.78 is 4.81. The fraction of sp³-hybridized carbons (Fsp3) is 0.0526. The zero-order valence-electron chi connectivity index (χ0n) is 22.6. The van der Waals surface area contributed by atoms with E-state index >= 15 is 0 Å². The molecule has 2 heterocycles. The summed E-state index contributed by atoms with van der Waals surface area (Å²) in [5.41, 5.74) is 12.2. The zero-order chi connectivity index (χ0) is 26.8. The van der Waals surface area contributed by atoms with Crippen LogP contribution in [0, 0.1) is 13.8 Å². The van der Waals surface area contributed by atoms with Crippen molar-refractivity contribution in [2.75, 3.05) is 0 Å². The van der Waals surface area contributed by atoms with Crippen molar-refractivity contribution >= 4 is 43.6 Å². The Morgan fingerprint density at radius 3 is 1.23 bits per heavy atom. The van der Waals surface area contributed by atoms with Crippen LogP contribution in [0.25, 0.3) is 66.1 Å². The summed E-state index contributed by atoms with van der Waals surface area (Å²) >= 11 is 0. The Morgan fingerprint density at radius 2 is 0.775 bits per heavy atom. The van der Waals surface area contributed by atoms with Gasteiger partial charge in [-0.15, -0.1) is 0 Å². The van der Waals surface area contributed by atoms with Gasteiger partial charge in [0.2, 0.25) is 0 Å². The molecule has 8 aromatic rings. The molecule has 0 fully saturated rings. The monoisotopic (exact) mass is 512 g/mol. The highest BCUT2D eigenvalue weighted by Gasteiger charge is 2.16. The molecule has 0 atom stereocenters. The second-order valence-corrected chi connectivity index (χ2v) is 10.8. The van der Waals surface area contributed by atoms with Gasteiger partial charge in [-0.3, -0.25) is 0 Å². The molecule has 0 aliphatic rings. The largest absolute Gasteiger partial charge is 0.309 e. The summed E-state index contributed by atoms with van der Waals surface area (Å²) in [5, 5.41) is 5.10. The molecule has 0 spiro atoms. The Hall–Kier alpha value is -5.08. The maximum Gasteiger partial charge on any atom is 0.0547 e. The van der Waals surface area contributed by atoms with Gasteiger partial charge >= 0.3 is 0 Å². The van der Waals surface area contributed by atoms with E-state index in [0.29, 0.717) is 0 Å². The molecule has 0 aliphatic heterocycles. The molecule has 0 aliphatic carbocycles. The SMILES string of the molecule is Cc1cccc(-n2c3ccccc3c3ccc(-c4ccc5c6ccccc6n(-c6cccc(C)c6)c5c4)cc32)c1. The van der Waals surface area contributed by atoms with Crippen LogP contribution >= 0.6 is 0 Å². The minimum atomic E-state index is 1.19. The quantitative estimate of drug-likeness (QED) is 0.223. The maximum atomic E-state index is 2.41. The fourth-order valence-corrected chi connectivity index (χ4v) is 6.39. The molecule has 0 saturated carbocycles. The molecule has 6 aromatic carbocycles. The predicted octanol–water partition coefficient (Wildman–Crippen LogP) is 10.2. The van der Waals surface area contributed by atoms with Crippen LogP contribution in [0.15, 0.2) is 133 Å². The summed E-state index contributed by atoms with van der Waals surface area (Å²) in [4.78, 5) is 0. The third-order valence-corrected chi connectivity index (χ3v) is 8.20. The Bertz CT molecular complexity index is 2080. The van der Waals surface area contributed by atoms with Crippen LogP contribution in [0.4, 0.5) is 0 Å². The first-order valence-corrected chi connectivity index (χ1v) is 13.9. The number of aryl methyl sites for hydroxylation is 2. The van der Waals surface area contributed by atoms with Crippen molar-refractivity contribution in [1.82, 2.24) is 9.13 Å². The molecule has 0 unspecified atom stereocenters. The second-order valence-electron chi connectivity index (χ2n) is 10.8. The van der Waals surface area contributed by atoms with Crippen LogP contribution in [0.5, 0.6) is 0 Å². The molecule has 2 aromatic heterocycles. The van der Waals surface area contributed by atoms with Gasteiger partial charge in [0.1, 0.15) is 0 Å². The van der Waals surface area contributed by atoms with Crippen molar-refractivity contribution in [1.29, 1.82) is 0 Å². The molecule has 0 amide bonds. The van der Waals surface area contributed by atoms with Crippen molar-refractivity contribution in [2.24, 2.45) is 0 Å². The van der Waals surface area contributed by atoms with Crippen LogP contribution in [-0.2, 0) is 0 Å². The van der Waals surface area contributed by atoms with Gasteiger partial charge in [-0.25, -0.2) is 0 Å². The number of para-hydroxylation sites is 2. The molecule has 0 radical (unpaired) electrons. The smallest absolute Gasteiger partial charge is 0.0547 e. The molecule has 0 N–H and O–H groups in total. The molecule has 190 valence electrons. The van der Waals surface area contributed by atoms with Crippen LogP contribution in [-0.4, -0.2) is 9.13 Å². The Labute approximate surface area is 233 Å². The topological polar surface area (TPSA) is 9.86 Å². The van der Waals surface area contributed by atoms with E-state index in [1.165, 1.54) is 77.2 Å². The summed E-state index contributed by atoms with van der Waals surface area (Å²) in [6, 6.07) is 48.9. The van der Waals surface area contributed by atoms with Gasteiger partial charge in [0.15, 0.2) is 0 Å². The van der Waals surface area contributed by atoms with Gasteiger partial charge in [0.05, 0.1) is 22.1 Å². The Morgan fingerprint density at radius 1 is 0.350 bits per heavy atom. The number of benzene rings is 6. The number of rotatable bonds is 3. The molecule has 0 bridgehead atoms. The Kier molecular flexibility index (Phi) is 4.99.